The molecule has 0 aromatic carbocycles. The molecule has 1 aliphatic heterocycles. The average Bonchev–Trinajstić information content (AvgIpc) is 2.68. The number of terminal acetylenes is 1. The standard InChI is InChI=1S/C10H16N2O2/c1-2-5-11-8-10(13)12-7-9-4-3-6-14-9/h1,9,11H,3-8H2,(H,12,13). The van der Waals surface area contributed by atoms with Crippen molar-refractivity contribution in [2.24, 2.45) is 0 Å². The molecular weight excluding hydrogens is 180 g/mol. The molecule has 0 bridgehead atoms. The molecule has 4 nitrogen and oxygen atoms in total. The number of ether oxygens (including phenoxy) is 1. The van der Waals surface area contributed by atoms with Crippen LogP contribution in [-0.4, -0.2) is 38.3 Å². The molecule has 1 aliphatic rings. The Morgan fingerprint density at radius 2 is 2.50 bits per heavy atom. The first kappa shape index (κ1) is 11.0. The van der Waals surface area contributed by atoms with Gasteiger partial charge < -0.3 is 10.1 Å². The fourth-order valence-corrected chi connectivity index (χ4v) is 1.34. The normalized spacial score (nSPS) is 20.4. The first-order valence-corrected chi connectivity index (χ1v) is 4.85. The Hall–Kier alpha value is -1.05. The molecule has 1 heterocycles. The first-order chi connectivity index (χ1) is 6.83. The number of nitrogens with one attached hydrogen (secondary N) is 2. The fourth-order valence-electron chi connectivity index (χ4n) is 1.34. The summed E-state index contributed by atoms with van der Waals surface area (Å²) in [6, 6.07) is 0. The van der Waals surface area contributed by atoms with Gasteiger partial charge in [0.1, 0.15) is 0 Å². The van der Waals surface area contributed by atoms with Crippen molar-refractivity contribution in [3.8, 4) is 12.3 Å². The summed E-state index contributed by atoms with van der Waals surface area (Å²) < 4.78 is 5.36. The monoisotopic (exact) mass is 196 g/mol. The highest BCUT2D eigenvalue weighted by atomic mass is 16.5. The summed E-state index contributed by atoms with van der Waals surface area (Å²) in [5.74, 6) is 2.37. The lowest BCUT2D eigenvalue weighted by Crippen LogP contribution is -2.38. The van der Waals surface area contributed by atoms with Crippen LogP contribution < -0.4 is 10.6 Å². The lowest BCUT2D eigenvalue weighted by Gasteiger charge is -2.10. The summed E-state index contributed by atoms with van der Waals surface area (Å²) in [4.78, 5) is 11.2. The quantitative estimate of drug-likeness (QED) is 0.460. The van der Waals surface area contributed by atoms with Crippen LogP contribution >= 0.6 is 0 Å². The van der Waals surface area contributed by atoms with Crippen LogP contribution in [0.5, 0.6) is 0 Å². The van der Waals surface area contributed by atoms with Crippen LogP contribution in [0.4, 0.5) is 0 Å². The SMILES string of the molecule is C#CCNCC(=O)NCC1CCCO1. The summed E-state index contributed by atoms with van der Waals surface area (Å²) in [6.45, 7) is 2.12. The van der Waals surface area contributed by atoms with E-state index in [-0.39, 0.29) is 18.6 Å². The Kier molecular flexibility index (Phi) is 5.05. The fraction of sp³-hybridized carbons (Fsp3) is 0.700. The van der Waals surface area contributed by atoms with Crippen molar-refractivity contribution in [3.05, 3.63) is 0 Å². The molecule has 78 valence electrons. The highest BCUT2D eigenvalue weighted by Gasteiger charge is 2.15. The Morgan fingerprint density at radius 3 is 3.14 bits per heavy atom. The Labute approximate surface area is 84.4 Å². The van der Waals surface area contributed by atoms with Gasteiger partial charge in [-0.3, -0.25) is 10.1 Å². The minimum atomic E-state index is -0.0317. The number of rotatable bonds is 5. The molecule has 2 N–H and O–H groups in total. The topological polar surface area (TPSA) is 50.4 Å². The van der Waals surface area contributed by atoms with Crippen LogP contribution in [0.2, 0.25) is 0 Å². The van der Waals surface area contributed by atoms with E-state index >= 15 is 0 Å². The Balaban J connectivity index is 2.00. The molecular formula is C10H16N2O2. The van der Waals surface area contributed by atoms with E-state index in [0.717, 1.165) is 19.4 Å². The van der Waals surface area contributed by atoms with Gasteiger partial charge in [0, 0.05) is 13.2 Å². The van der Waals surface area contributed by atoms with Crippen molar-refractivity contribution in [3.63, 3.8) is 0 Å². The first-order valence-electron chi connectivity index (χ1n) is 4.85. The van der Waals surface area contributed by atoms with Gasteiger partial charge in [0.15, 0.2) is 0 Å². The van der Waals surface area contributed by atoms with E-state index in [4.69, 9.17) is 11.2 Å². The molecule has 0 aromatic heterocycles. The van der Waals surface area contributed by atoms with Crippen LogP contribution in [0.15, 0.2) is 0 Å². The number of carbonyl (C=O) groups is 1. The Bertz CT molecular complexity index is 217. The molecule has 0 aliphatic carbocycles. The molecule has 1 amide bonds. The number of carbonyl (C=O) groups excluding carboxylic acids is 1. The number of hydrogen-bond donors (Lipinski definition) is 2. The van der Waals surface area contributed by atoms with Crippen LogP contribution in [0, 0.1) is 12.3 Å². The van der Waals surface area contributed by atoms with Gasteiger partial charge in [-0.1, -0.05) is 5.92 Å². The van der Waals surface area contributed by atoms with Crippen molar-refractivity contribution in [1.82, 2.24) is 10.6 Å². The lowest BCUT2D eigenvalue weighted by molar-refractivity contribution is -0.120. The van der Waals surface area contributed by atoms with E-state index in [0.29, 0.717) is 13.1 Å². The van der Waals surface area contributed by atoms with Crippen molar-refractivity contribution in [2.45, 2.75) is 18.9 Å². The molecule has 1 fully saturated rings. The van der Waals surface area contributed by atoms with E-state index in [1.54, 1.807) is 0 Å². The van der Waals surface area contributed by atoms with Gasteiger partial charge in [-0.15, -0.1) is 6.42 Å². The van der Waals surface area contributed by atoms with Crippen LogP contribution in [-0.2, 0) is 9.53 Å². The molecule has 1 rings (SSSR count). The third-order valence-corrected chi connectivity index (χ3v) is 2.06. The molecule has 0 spiro atoms. The Morgan fingerprint density at radius 1 is 1.64 bits per heavy atom. The second kappa shape index (κ2) is 6.41. The van der Waals surface area contributed by atoms with Gasteiger partial charge in [-0.2, -0.15) is 0 Å². The maximum atomic E-state index is 11.2. The number of amides is 1. The van der Waals surface area contributed by atoms with Crippen LogP contribution in [0.1, 0.15) is 12.8 Å². The molecule has 0 radical (unpaired) electrons. The van der Waals surface area contributed by atoms with Crippen molar-refractivity contribution >= 4 is 5.91 Å². The van der Waals surface area contributed by atoms with Crippen molar-refractivity contribution in [2.75, 3.05) is 26.2 Å². The van der Waals surface area contributed by atoms with Gasteiger partial charge in [0.2, 0.25) is 5.91 Å². The lowest BCUT2D eigenvalue weighted by atomic mass is 10.2. The highest BCUT2D eigenvalue weighted by Crippen LogP contribution is 2.10. The summed E-state index contributed by atoms with van der Waals surface area (Å²) in [6.07, 6.45) is 7.36. The minimum Gasteiger partial charge on any atom is -0.376 e. The summed E-state index contributed by atoms with van der Waals surface area (Å²) in [7, 11) is 0. The predicted octanol–water partition coefficient (Wildman–Crippen LogP) is -0.496. The van der Waals surface area contributed by atoms with Gasteiger partial charge in [0.05, 0.1) is 19.2 Å². The van der Waals surface area contributed by atoms with E-state index in [1.165, 1.54) is 0 Å². The summed E-state index contributed by atoms with van der Waals surface area (Å²) >= 11 is 0. The third kappa shape index (κ3) is 4.26. The zero-order valence-electron chi connectivity index (χ0n) is 8.21. The van der Waals surface area contributed by atoms with E-state index in [2.05, 4.69) is 16.6 Å². The maximum Gasteiger partial charge on any atom is 0.234 e. The van der Waals surface area contributed by atoms with Gasteiger partial charge in [-0.05, 0) is 12.8 Å². The third-order valence-electron chi connectivity index (χ3n) is 2.06. The molecule has 4 heteroatoms. The zero-order chi connectivity index (χ0) is 10.2. The van der Waals surface area contributed by atoms with E-state index in [1.807, 2.05) is 0 Å². The van der Waals surface area contributed by atoms with Crippen molar-refractivity contribution < 1.29 is 9.53 Å². The van der Waals surface area contributed by atoms with E-state index in [9.17, 15) is 4.79 Å². The molecule has 0 aromatic rings. The van der Waals surface area contributed by atoms with Gasteiger partial charge in [0.25, 0.3) is 0 Å². The number of hydrogen-bond acceptors (Lipinski definition) is 3. The van der Waals surface area contributed by atoms with Crippen molar-refractivity contribution in [1.29, 1.82) is 0 Å². The minimum absolute atomic E-state index is 0.0317. The molecule has 14 heavy (non-hydrogen) atoms. The molecule has 1 saturated heterocycles. The van der Waals surface area contributed by atoms with Gasteiger partial charge in [-0.25, -0.2) is 0 Å². The zero-order valence-corrected chi connectivity index (χ0v) is 8.21. The highest BCUT2D eigenvalue weighted by molar-refractivity contribution is 5.78. The van der Waals surface area contributed by atoms with Crippen LogP contribution in [0.25, 0.3) is 0 Å². The van der Waals surface area contributed by atoms with E-state index < -0.39 is 0 Å². The maximum absolute atomic E-state index is 11.2. The van der Waals surface area contributed by atoms with Crippen LogP contribution in [0.3, 0.4) is 0 Å². The smallest absolute Gasteiger partial charge is 0.234 e. The largest absolute Gasteiger partial charge is 0.376 e. The molecule has 1 unspecified atom stereocenters. The second-order valence-corrected chi connectivity index (χ2v) is 3.25. The molecule has 1 atom stereocenters. The predicted molar refractivity (Wildman–Crippen MR) is 53.7 cm³/mol. The molecule has 0 saturated carbocycles. The van der Waals surface area contributed by atoms with Gasteiger partial charge >= 0.3 is 0 Å². The summed E-state index contributed by atoms with van der Waals surface area (Å²) in [5, 5.41) is 5.61. The average molecular weight is 196 g/mol. The summed E-state index contributed by atoms with van der Waals surface area (Å²) in [5.41, 5.74) is 0. The second-order valence-electron chi connectivity index (χ2n) is 3.25.